The fraction of sp³-hybridized carbons (Fsp3) is 0.741. The fourth-order valence-corrected chi connectivity index (χ4v) is 5.67. The highest BCUT2D eigenvalue weighted by Crippen LogP contribution is 2.42. The molecule has 1 aliphatic carbocycles. The Bertz CT molecular complexity index is 1080. The zero-order valence-corrected chi connectivity index (χ0v) is 22.0. The Balaban J connectivity index is 1.52. The van der Waals surface area contributed by atoms with Crippen molar-refractivity contribution >= 4 is 17.1 Å². The molecule has 7 heteroatoms. The van der Waals surface area contributed by atoms with E-state index >= 15 is 0 Å². The van der Waals surface area contributed by atoms with E-state index in [9.17, 15) is 9.59 Å². The summed E-state index contributed by atoms with van der Waals surface area (Å²) < 4.78 is 3.52. The maximum Gasteiger partial charge on any atom is 0.330 e. The standard InChI is InChI=1S/C27H43N5O2/c1-26(2,3)18-32-21-11-10-20(28-24(21)30(6)25(32)34)19-12-13-27(4,5)22(16-19)29-23(33)17-31-14-8-7-9-15-31/h10-11,19,22H,7-9,12-18H2,1-6H3,(H,29,33). The molecule has 1 N–H and O–H groups in total. The van der Waals surface area contributed by atoms with Crippen LogP contribution in [0.4, 0.5) is 0 Å². The number of hydrogen-bond donors (Lipinski definition) is 1. The number of fused-ring (bicyclic) bond motifs is 1. The Hall–Kier alpha value is -2.15. The molecule has 1 aliphatic heterocycles. The Kier molecular flexibility index (Phi) is 6.96. The molecule has 0 radical (unpaired) electrons. The SMILES string of the molecule is Cn1c(=O)n(CC(C)(C)C)c2ccc(C3CCC(C)(C)C(NC(=O)CN4CCCCC4)C3)nc21. The molecule has 2 atom stereocenters. The van der Waals surface area contributed by atoms with Crippen LogP contribution in [0.2, 0.25) is 0 Å². The van der Waals surface area contributed by atoms with Gasteiger partial charge in [-0.15, -0.1) is 0 Å². The van der Waals surface area contributed by atoms with Crippen molar-refractivity contribution in [2.75, 3.05) is 19.6 Å². The number of imidazole rings is 1. The van der Waals surface area contributed by atoms with Crippen LogP contribution < -0.4 is 11.0 Å². The van der Waals surface area contributed by atoms with Crippen molar-refractivity contribution in [3.05, 3.63) is 28.3 Å². The number of aromatic nitrogens is 3. The first kappa shape index (κ1) is 25.0. The second-order valence-corrected chi connectivity index (χ2v) is 12.5. The minimum absolute atomic E-state index is 0.00532. The second kappa shape index (κ2) is 9.48. The van der Waals surface area contributed by atoms with Crippen LogP contribution in [0.5, 0.6) is 0 Å². The van der Waals surface area contributed by atoms with Gasteiger partial charge in [0.1, 0.15) is 0 Å². The summed E-state index contributed by atoms with van der Waals surface area (Å²) in [5.41, 5.74) is 2.73. The van der Waals surface area contributed by atoms with Gasteiger partial charge >= 0.3 is 5.69 Å². The first-order chi connectivity index (χ1) is 15.9. The maximum atomic E-state index is 12.9. The summed E-state index contributed by atoms with van der Waals surface area (Å²) in [7, 11) is 1.81. The minimum atomic E-state index is -0.0118. The maximum absolute atomic E-state index is 12.9. The van der Waals surface area contributed by atoms with Gasteiger partial charge in [-0.25, -0.2) is 9.78 Å². The van der Waals surface area contributed by atoms with Crippen molar-refractivity contribution in [1.29, 1.82) is 0 Å². The molecule has 2 fully saturated rings. The molecular weight excluding hydrogens is 426 g/mol. The van der Waals surface area contributed by atoms with E-state index in [1.54, 1.807) is 4.57 Å². The predicted octanol–water partition coefficient (Wildman–Crippen LogP) is 4.05. The monoisotopic (exact) mass is 469 g/mol. The molecule has 34 heavy (non-hydrogen) atoms. The van der Waals surface area contributed by atoms with Gasteiger partial charge in [-0.05, 0) is 68.2 Å². The van der Waals surface area contributed by atoms with Crippen LogP contribution >= 0.6 is 0 Å². The smallest absolute Gasteiger partial charge is 0.330 e. The van der Waals surface area contributed by atoms with Crippen LogP contribution in [-0.2, 0) is 18.4 Å². The van der Waals surface area contributed by atoms with E-state index in [-0.39, 0.29) is 34.4 Å². The Morgan fingerprint density at radius 3 is 2.56 bits per heavy atom. The quantitative estimate of drug-likeness (QED) is 0.717. The third-order valence-corrected chi connectivity index (χ3v) is 7.80. The third kappa shape index (κ3) is 5.40. The van der Waals surface area contributed by atoms with Gasteiger partial charge in [-0.3, -0.25) is 18.8 Å². The van der Waals surface area contributed by atoms with Gasteiger partial charge in [0.25, 0.3) is 0 Å². The van der Waals surface area contributed by atoms with E-state index < -0.39 is 0 Å². The van der Waals surface area contributed by atoms with E-state index in [1.165, 1.54) is 19.3 Å². The van der Waals surface area contributed by atoms with Crippen molar-refractivity contribution in [2.24, 2.45) is 17.9 Å². The highest BCUT2D eigenvalue weighted by atomic mass is 16.2. The van der Waals surface area contributed by atoms with Crippen LogP contribution in [0.15, 0.2) is 16.9 Å². The van der Waals surface area contributed by atoms with Gasteiger partial charge in [0.05, 0.1) is 12.1 Å². The average molecular weight is 470 g/mol. The van der Waals surface area contributed by atoms with Crippen LogP contribution in [0.3, 0.4) is 0 Å². The predicted molar refractivity (Wildman–Crippen MR) is 137 cm³/mol. The Morgan fingerprint density at radius 2 is 1.88 bits per heavy atom. The number of aryl methyl sites for hydroxylation is 1. The van der Waals surface area contributed by atoms with E-state index in [2.05, 4.69) is 57.0 Å². The number of amides is 1. The number of carbonyl (C=O) groups excluding carboxylic acids is 1. The molecule has 3 heterocycles. The summed E-state index contributed by atoms with van der Waals surface area (Å²) in [6.07, 6.45) is 6.62. The van der Waals surface area contributed by atoms with Gasteiger partial charge in [0, 0.05) is 31.2 Å². The van der Waals surface area contributed by atoms with Crippen molar-refractivity contribution in [3.8, 4) is 0 Å². The molecule has 0 spiro atoms. The highest BCUT2D eigenvalue weighted by molar-refractivity contribution is 5.78. The van der Waals surface area contributed by atoms with Gasteiger partial charge in [0.2, 0.25) is 5.91 Å². The summed E-state index contributed by atoms with van der Waals surface area (Å²) in [6, 6.07) is 4.28. The number of likely N-dealkylation sites (tertiary alicyclic amines) is 1. The van der Waals surface area contributed by atoms with Gasteiger partial charge in [-0.2, -0.15) is 0 Å². The summed E-state index contributed by atoms with van der Waals surface area (Å²) in [5, 5.41) is 3.38. The lowest BCUT2D eigenvalue weighted by atomic mass is 9.68. The summed E-state index contributed by atoms with van der Waals surface area (Å²) >= 11 is 0. The summed E-state index contributed by atoms with van der Waals surface area (Å²) in [6.45, 7) is 14.2. The number of nitrogens with one attached hydrogen (secondary N) is 1. The molecule has 1 amide bonds. The van der Waals surface area contributed by atoms with E-state index in [4.69, 9.17) is 4.98 Å². The molecule has 2 aliphatic rings. The van der Waals surface area contributed by atoms with Gasteiger partial charge < -0.3 is 5.32 Å². The number of carbonyl (C=O) groups is 1. The zero-order chi connectivity index (χ0) is 24.7. The van der Waals surface area contributed by atoms with Crippen molar-refractivity contribution in [2.45, 2.75) is 91.6 Å². The van der Waals surface area contributed by atoms with Crippen LogP contribution in [0.1, 0.15) is 84.8 Å². The molecular formula is C27H43N5O2. The number of hydrogen-bond acceptors (Lipinski definition) is 4. The first-order valence-corrected chi connectivity index (χ1v) is 13.0. The third-order valence-electron chi connectivity index (χ3n) is 7.80. The molecule has 2 aromatic heterocycles. The lowest BCUT2D eigenvalue weighted by Crippen LogP contribution is -2.51. The van der Waals surface area contributed by atoms with E-state index in [0.717, 1.165) is 49.2 Å². The number of piperidine rings is 1. The molecule has 0 bridgehead atoms. The molecule has 2 unspecified atom stereocenters. The topological polar surface area (TPSA) is 72.2 Å². The zero-order valence-electron chi connectivity index (χ0n) is 22.0. The number of nitrogens with zero attached hydrogens (tertiary/aromatic N) is 4. The van der Waals surface area contributed by atoms with Gasteiger partial charge in [0.15, 0.2) is 5.65 Å². The van der Waals surface area contributed by atoms with Crippen LogP contribution in [-0.4, -0.2) is 50.6 Å². The van der Waals surface area contributed by atoms with Crippen molar-refractivity contribution < 1.29 is 4.79 Å². The molecule has 2 aromatic rings. The van der Waals surface area contributed by atoms with E-state index in [1.807, 2.05) is 11.6 Å². The lowest BCUT2D eigenvalue weighted by Gasteiger charge is -2.42. The summed E-state index contributed by atoms with van der Waals surface area (Å²) in [4.78, 5) is 33.1. The average Bonchev–Trinajstić information content (AvgIpc) is 2.99. The molecule has 0 aromatic carbocycles. The lowest BCUT2D eigenvalue weighted by molar-refractivity contribution is -0.124. The first-order valence-electron chi connectivity index (χ1n) is 13.0. The number of pyridine rings is 1. The minimum Gasteiger partial charge on any atom is -0.352 e. The number of rotatable bonds is 5. The van der Waals surface area contributed by atoms with Crippen molar-refractivity contribution in [1.82, 2.24) is 24.3 Å². The Morgan fingerprint density at radius 1 is 1.18 bits per heavy atom. The van der Waals surface area contributed by atoms with Crippen LogP contribution in [0, 0.1) is 10.8 Å². The second-order valence-electron chi connectivity index (χ2n) is 12.5. The summed E-state index contributed by atoms with van der Waals surface area (Å²) in [5.74, 6) is 0.421. The van der Waals surface area contributed by atoms with Crippen LogP contribution in [0.25, 0.3) is 11.2 Å². The largest absolute Gasteiger partial charge is 0.352 e. The highest BCUT2D eigenvalue weighted by Gasteiger charge is 2.38. The fourth-order valence-electron chi connectivity index (χ4n) is 5.67. The van der Waals surface area contributed by atoms with Gasteiger partial charge in [-0.1, -0.05) is 41.0 Å². The molecule has 1 saturated carbocycles. The van der Waals surface area contributed by atoms with E-state index in [0.29, 0.717) is 13.1 Å². The molecule has 188 valence electrons. The van der Waals surface area contributed by atoms with Crippen molar-refractivity contribution in [3.63, 3.8) is 0 Å². The normalized spacial score (nSPS) is 23.8. The molecule has 4 rings (SSSR count). The Labute approximate surface area is 203 Å². The molecule has 1 saturated heterocycles. The molecule has 7 nitrogen and oxygen atoms in total.